The molecule has 0 unspecified atom stereocenters. The number of hydrogen-bond acceptors (Lipinski definition) is 9. The van der Waals surface area contributed by atoms with E-state index in [1.807, 2.05) is 48.5 Å². The van der Waals surface area contributed by atoms with Crippen molar-refractivity contribution in [1.29, 1.82) is 0 Å². The third-order valence-corrected chi connectivity index (χ3v) is 3.44. The predicted octanol–water partition coefficient (Wildman–Crippen LogP) is 5.33. The summed E-state index contributed by atoms with van der Waals surface area (Å²) in [6.07, 6.45) is 0. The number of benzene rings is 2. The van der Waals surface area contributed by atoms with Crippen LogP contribution in [-0.4, -0.2) is 43.7 Å². The average Bonchev–Trinajstić information content (AvgIpc) is 2.79. The molecule has 0 bridgehead atoms. The first-order chi connectivity index (χ1) is 14.2. The molecule has 0 aliphatic rings. The van der Waals surface area contributed by atoms with Gasteiger partial charge in [0.05, 0.1) is 0 Å². The molecule has 0 aliphatic carbocycles. The third-order valence-electron chi connectivity index (χ3n) is 3.16. The van der Waals surface area contributed by atoms with Crippen molar-refractivity contribution in [1.82, 2.24) is 0 Å². The Balaban J connectivity index is -0.000000334. The molecule has 31 heavy (non-hydrogen) atoms. The molecule has 0 aliphatic heterocycles. The number of nitrogens with one attached hydrogen (secondary N) is 1. The minimum atomic E-state index is 0. The van der Waals surface area contributed by atoms with Gasteiger partial charge in [-0.15, -0.1) is 5.69 Å². The molecule has 2 aromatic carbocycles. The monoisotopic (exact) mass is 492 g/mol. The standard InChI is InChI=1S/C6H6N.C6H6S.2C4H8N2O2.Co/c2*7-6-4-2-1-3-5-6;2*1-3(5-7)4(2)6-8;/h2*1-5,7H;2*7-8H,1-2H3;/q-1;;;;+2/p-1/b;;2*5-3+,6-4+;. The van der Waals surface area contributed by atoms with Gasteiger partial charge in [-0.25, -0.2) is 0 Å². The zero-order valence-corrected chi connectivity index (χ0v) is 19.5. The van der Waals surface area contributed by atoms with Gasteiger partial charge in [0, 0.05) is 0 Å². The largest absolute Gasteiger partial charge is 2.00 e. The van der Waals surface area contributed by atoms with E-state index in [1.54, 1.807) is 12.1 Å². The quantitative estimate of drug-likeness (QED) is 0.193. The molecule has 171 valence electrons. The molecule has 2 rings (SSSR count). The average molecular weight is 492 g/mol. The Morgan fingerprint density at radius 3 is 1.00 bits per heavy atom. The fraction of sp³-hybridized carbons (Fsp3) is 0.200. The van der Waals surface area contributed by atoms with Gasteiger partial charge in [-0.3, -0.25) is 0 Å². The second-order valence-electron chi connectivity index (χ2n) is 5.42. The second-order valence-corrected chi connectivity index (χ2v) is 5.89. The molecular formula is C20H27CoN5O4S. The molecule has 9 nitrogen and oxygen atoms in total. The van der Waals surface area contributed by atoms with Crippen LogP contribution in [0.4, 0.5) is 5.69 Å². The first-order valence-corrected chi connectivity index (χ1v) is 8.88. The molecule has 2 aromatic rings. The first-order valence-electron chi connectivity index (χ1n) is 8.47. The zero-order valence-electron chi connectivity index (χ0n) is 17.6. The van der Waals surface area contributed by atoms with Crippen LogP contribution in [0.2, 0.25) is 0 Å². The molecule has 11 heteroatoms. The number of hydrogen-bond donors (Lipinski definition) is 4. The third kappa shape index (κ3) is 19.9. The van der Waals surface area contributed by atoms with Crippen LogP contribution in [0.15, 0.2) is 86.2 Å². The first kappa shape index (κ1) is 32.5. The summed E-state index contributed by atoms with van der Waals surface area (Å²) >= 11 is 4.81. The number of nitrogens with zero attached hydrogens (tertiary/aromatic N) is 4. The number of oxime groups is 4. The van der Waals surface area contributed by atoms with Crippen molar-refractivity contribution < 1.29 is 37.6 Å². The second kappa shape index (κ2) is 21.6. The normalized spacial score (nSPS) is 11.2. The summed E-state index contributed by atoms with van der Waals surface area (Å²) in [5.74, 6) is 0. The summed E-state index contributed by atoms with van der Waals surface area (Å²) in [6.45, 7) is 6.15. The van der Waals surface area contributed by atoms with Crippen LogP contribution < -0.4 is 0 Å². The topological polar surface area (TPSA) is 154 Å². The van der Waals surface area contributed by atoms with E-state index in [0.29, 0.717) is 28.5 Å². The van der Waals surface area contributed by atoms with Crippen molar-refractivity contribution >= 4 is 41.2 Å². The summed E-state index contributed by atoms with van der Waals surface area (Å²) in [6, 6.07) is 18.7. The maximum atomic E-state index is 8.03. The van der Waals surface area contributed by atoms with Crippen molar-refractivity contribution in [3.8, 4) is 0 Å². The zero-order chi connectivity index (χ0) is 23.4. The molecule has 0 spiro atoms. The van der Waals surface area contributed by atoms with Gasteiger partial charge in [0.25, 0.3) is 0 Å². The van der Waals surface area contributed by atoms with Crippen LogP contribution in [0.25, 0.3) is 5.73 Å². The molecule has 0 fully saturated rings. The fourth-order valence-corrected chi connectivity index (χ4v) is 1.31. The van der Waals surface area contributed by atoms with Gasteiger partial charge in [0.15, 0.2) is 0 Å². The van der Waals surface area contributed by atoms with Gasteiger partial charge < -0.3 is 39.2 Å². The molecule has 0 saturated heterocycles. The van der Waals surface area contributed by atoms with E-state index in [-0.39, 0.29) is 16.8 Å². The summed E-state index contributed by atoms with van der Waals surface area (Å²) in [7, 11) is 0. The van der Waals surface area contributed by atoms with E-state index < -0.39 is 0 Å². The predicted molar refractivity (Wildman–Crippen MR) is 122 cm³/mol. The van der Waals surface area contributed by atoms with Crippen LogP contribution in [0, 0.1) is 0 Å². The Hall–Kier alpha value is -3.15. The molecule has 0 heterocycles. The van der Waals surface area contributed by atoms with Crippen LogP contribution in [-0.2, 0) is 29.4 Å². The number of rotatable bonds is 2. The minimum absolute atomic E-state index is 0. The summed E-state index contributed by atoms with van der Waals surface area (Å²) in [4.78, 5) is 0.905. The Bertz CT molecular complexity index is 715. The molecule has 0 atom stereocenters. The Labute approximate surface area is 198 Å². The molecule has 5 N–H and O–H groups in total. The maximum Gasteiger partial charge on any atom is 2.00 e. The van der Waals surface area contributed by atoms with E-state index in [9.17, 15) is 0 Å². The van der Waals surface area contributed by atoms with Crippen molar-refractivity contribution in [2.24, 2.45) is 20.6 Å². The Morgan fingerprint density at radius 1 is 0.613 bits per heavy atom. The minimum Gasteiger partial charge on any atom is -0.780 e. The van der Waals surface area contributed by atoms with E-state index in [4.69, 9.17) is 39.2 Å². The Kier molecular flexibility index (Phi) is 22.6. The summed E-state index contributed by atoms with van der Waals surface area (Å²) in [5.41, 5.74) is 8.82. The molecular weight excluding hydrogens is 465 g/mol. The summed E-state index contributed by atoms with van der Waals surface area (Å²) < 4.78 is 0. The van der Waals surface area contributed by atoms with E-state index in [2.05, 4.69) is 20.6 Å². The van der Waals surface area contributed by atoms with E-state index in [0.717, 1.165) is 4.90 Å². The van der Waals surface area contributed by atoms with E-state index >= 15 is 0 Å². The van der Waals surface area contributed by atoms with Gasteiger partial charge >= 0.3 is 16.8 Å². The van der Waals surface area contributed by atoms with Crippen LogP contribution in [0.5, 0.6) is 0 Å². The molecule has 0 saturated carbocycles. The molecule has 0 aromatic heterocycles. The van der Waals surface area contributed by atoms with Gasteiger partial charge in [0.1, 0.15) is 22.8 Å². The molecule has 1 radical (unpaired) electrons. The van der Waals surface area contributed by atoms with Crippen molar-refractivity contribution in [3.05, 3.63) is 66.4 Å². The molecule has 0 amide bonds. The van der Waals surface area contributed by atoms with Gasteiger partial charge in [-0.05, 0) is 27.7 Å². The summed E-state index contributed by atoms with van der Waals surface area (Å²) in [5, 5.41) is 43.3. The van der Waals surface area contributed by atoms with E-state index in [1.165, 1.54) is 27.7 Å². The van der Waals surface area contributed by atoms with Gasteiger partial charge in [-0.2, -0.15) is 4.90 Å². The van der Waals surface area contributed by atoms with Crippen molar-refractivity contribution in [2.45, 2.75) is 32.6 Å². The fourth-order valence-electron chi connectivity index (χ4n) is 1.15. The van der Waals surface area contributed by atoms with Gasteiger partial charge in [-0.1, -0.05) is 81.3 Å². The smallest absolute Gasteiger partial charge is 0.780 e. The van der Waals surface area contributed by atoms with Crippen LogP contribution >= 0.6 is 0 Å². The van der Waals surface area contributed by atoms with Crippen molar-refractivity contribution in [3.63, 3.8) is 0 Å². The van der Waals surface area contributed by atoms with Gasteiger partial charge in [0.2, 0.25) is 0 Å². The van der Waals surface area contributed by atoms with Crippen LogP contribution in [0.3, 0.4) is 0 Å². The maximum absolute atomic E-state index is 8.03. The van der Waals surface area contributed by atoms with Crippen LogP contribution in [0.1, 0.15) is 27.7 Å². The van der Waals surface area contributed by atoms with Crippen molar-refractivity contribution in [2.75, 3.05) is 0 Å². The Morgan fingerprint density at radius 2 is 0.871 bits per heavy atom. The SMILES string of the molecule is CC(=N\O)/C(C)=N/O.CC(=N\O)/C(C)=N/O.[Co+2].[NH-]c1ccccc1.[S-]c1ccccc1.